The maximum Gasteiger partial charge on any atom is 0.332 e. The summed E-state index contributed by atoms with van der Waals surface area (Å²) in [5.41, 5.74) is -1.24. The zero-order chi connectivity index (χ0) is 27.6. The van der Waals surface area contributed by atoms with E-state index in [9.17, 15) is 18.8 Å². The number of aromatic nitrogens is 1. The fourth-order valence-electron chi connectivity index (χ4n) is 5.55. The second-order valence-corrected chi connectivity index (χ2v) is 9.76. The van der Waals surface area contributed by atoms with Crippen LogP contribution >= 0.6 is 0 Å². The Balaban J connectivity index is 1.49. The standard InChI is InChI=1S/C29H26F3N3O4/c1-2-37-28(36)29(14-18-8-10-20(29)12-18)35-25-23(30)26(32)34-27(24(25)31)39-22-13-19(15-33)9-11-21(22)38-16-17-6-4-3-5-7-17/h3-7,9,11,13,18,20H,2,8,10,12,14,16H2,1H3,(H,34,35). The van der Waals surface area contributed by atoms with E-state index in [0.717, 1.165) is 12.0 Å². The van der Waals surface area contributed by atoms with Gasteiger partial charge in [-0.15, -0.1) is 0 Å². The van der Waals surface area contributed by atoms with Gasteiger partial charge in [-0.25, -0.2) is 4.79 Å². The topological polar surface area (TPSA) is 93.5 Å². The average molecular weight is 538 g/mol. The lowest BCUT2D eigenvalue weighted by atomic mass is 9.80. The first-order chi connectivity index (χ1) is 18.8. The van der Waals surface area contributed by atoms with Gasteiger partial charge >= 0.3 is 5.97 Å². The highest BCUT2D eigenvalue weighted by molar-refractivity contribution is 5.86. The molecule has 3 atom stereocenters. The van der Waals surface area contributed by atoms with Crippen molar-refractivity contribution in [3.05, 3.63) is 77.2 Å². The molecule has 1 aromatic heterocycles. The van der Waals surface area contributed by atoms with Crippen LogP contribution in [0.1, 0.15) is 43.7 Å². The third kappa shape index (κ3) is 5.09. The lowest BCUT2D eigenvalue weighted by molar-refractivity contribution is -0.150. The van der Waals surface area contributed by atoms with Crippen LogP contribution < -0.4 is 14.8 Å². The molecule has 2 bridgehead atoms. The van der Waals surface area contributed by atoms with Crippen molar-refractivity contribution in [1.82, 2.24) is 4.98 Å². The van der Waals surface area contributed by atoms with E-state index in [4.69, 9.17) is 14.2 Å². The molecular formula is C29H26F3N3O4. The zero-order valence-corrected chi connectivity index (χ0v) is 21.2. The summed E-state index contributed by atoms with van der Waals surface area (Å²) >= 11 is 0. The summed E-state index contributed by atoms with van der Waals surface area (Å²) in [5.74, 6) is -6.02. The fourth-order valence-corrected chi connectivity index (χ4v) is 5.55. The molecule has 39 heavy (non-hydrogen) atoms. The number of nitriles is 1. The predicted octanol–water partition coefficient (Wildman–Crippen LogP) is 6.28. The Kier molecular flexibility index (Phi) is 7.33. The Labute approximate surface area is 223 Å². The maximum atomic E-state index is 15.8. The van der Waals surface area contributed by atoms with Crippen molar-refractivity contribution >= 4 is 11.7 Å². The summed E-state index contributed by atoms with van der Waals surface area (Å²) in [5, 5.41) is 12.0. The van der Waals surface area contributed by atoms with E-state index in [0.29, 0.717) is 19.3 Å². The molecule has 2 aliphatic rings. The monoisotopic (exact) mass is 537 g/mol. The number of hydrogen-bond acceptors (Lipinski definition) is 7. The Morgan fingerprint density at radius 2 is 1.92 bits per heavy atom. The van der Waals surface area contributed by atoms with Crippen LogP contribution in [-0.2, 0) is 16.1 Å². The number of benzene rings is 2. The lowest BCUT2D eigenvalue weighted by Crippen LogP contribution is -2.52. The number of anilines is 1. The van der Waals surface area contributed by atoms with Crippen molar-refractivity contribution in [2.75, 3.05) is 11.9 Å². The third-order valence-electron chi connectivity index (χ3n) is 7.36. The van der Waals surface area contributed by atoms with E-state index in [-0.39, 0.29) is 42.1 Å². The molecule has 1 heterocycles. The summed E-state index contributed by atoms with van der Waals surface area (Å²) in [4.78, 5) is 16.4. The minimum Gasteiger partial charge on any atom is -0.485 e. The van der Waals surface area contributed by atoms with Crippen LogP contribution in [0.4, 0.5) is 18.9 Å². The van der Waals surface area contributed by atoms with Crippen molar-refractivity contribution in [3.8, 4) is 23.4 Å². The van der Waals surface area contributed by atoms with Crippen LogP contribution in [-0.4, -0.2) is 23.1 Å². The molecule has 0 radical (unpaired) electrons. The summed E-state index contributed by atoms with van der Waals surface area (Å²) in [6, 6.07) is 15.4. The van der Waals surface area contributed by atoms with Crippen molar-refractivity contribution < 1.29 is 32.2 Å². The smallest absolute Gasteiger partial charge is 0.332 e. The van der Waals surface area contributed by atoms with Gasteiger partial charge in [-0.1, -0.05) is 30.3 Å². The quantitative estimate of drug-likeness (QED) is 0.254. The number of carbonyl (C=O) groups excluding carboxylic acids is 1. The number of esters is 1. The molecule has 2 saturated carbocycles. The number of rotatable bonds is 9. The van der Waals surface area contributed by atoms with Crippen LogP contribution in [0.3, 0.4) is 0 Å². The maximum absolute atomic E-state index is 15.8. The van der Waals surface area contributed by atoms with Gasteiger partial charge in [-0.2, -0.15) is 23.4 Å². The Morgan fingerprint density at radius 3 is 2.59 bits per heavy atom. The van der Waals surface area contributed by atoms with Gasteiger partial charge in [0.05, 0.1) is 18.2 Å². The molecule has 5 rings (SSSR count). The number of nitrogens with zero attached hydrogens (tertiary/aromatic N) is 2. The largest absolute Gasteiger partial charge is 0.485 e. The molecule has 0 spiro atoms. The first-order valence-electron chi connectivity index (χ1n) is 12.7. The van der Waals surface area contributed by atoms with E-state index < -0.39 is 40.7 Å². The van der Waals surface area contributed by atoms with E-state index in [1.165, 1.54) is 18.2 Å². The number of nitrogens with one attached hydrogen (secondary N) is 1. The summed E-state index contributed by atoms with van der Waals surface area (Å²) in [6.07, 6.45) is 2.60. The molecule has 2 aromatic carbocycles. The average Bonchev–Trinajstić information content (AvgIpc) is 3.56. The van der Waals surface area contributed by atoms with Gasteiger partial charge in [-0.05, 0) is 62.1 Å². The number of ether oxygens (including phenoxy) is 3. The molecule has 0 saturated heterocycles. The number of hydrogen-bond donors (Lipinski definition) is 1. The van der Waals surface area contributed by atoms with Gasteiger partial charge in [0, 0.05) is 6.07 Å². The Hall–Kier alpha value is -4.26. The molecule has 202 valence electrons. The number of halogens is 3. The second-order valence-electron chi connectivity index (χ2n) is 9.76. The third-order valence-corrected chi connectivity index (χ3v) is 7.36. The first-order valence-corrected chi connectivity index (χ1v) is 12.7. The fraction of sp³-hybridized carbons (Fsp3) is 0.345. The minimum absolute atomic E-state index is 0.0880. The normalized spacial score (nSPS) is 21.3. The van der Waals surface area contributed by atoms with E-state index >= 15 is 4.39 Å². The Bertz CT molecular complexity index is 1430. The highest BCUT2D eigenvalue weighted by atomic mass is 19.2. The molecule has 10 heteroatoms. The predicted molar refractivity (Wildman–Crippen MR) is 135 cm³/mol. The van der Waals surface area contributed by atoms with E-state index in [1.807, 2.05) is 36.4 Å². The molecule has 2 aliphatic carbocycles. The van der Waals surface area contributed by atoms with Crippen molar-refractivity contribution in [1.29, 1.82) is 5.26 Å². The molecule has 3 aromatic rings. The molecule has 0 aliphatic heterocycles. The highest BCUT2D eigenvalue weighted by Crippen LogP contribution is 2.53. The Morgan fingerprint density at radius 1 is 1.13 bits per heavy atom. The SMILES string of the molecule is CCOC(=O)C1(Nc2c(F)c(F)nc(Oc3cc(C#N)ccc3OCc3ccccc3)c2F)CC2CCC1C2. The molecule has 2 fully saturated rings. The second kappa shape index (κ2) is 10.8. The van der Waals surface area contributed by atoms with Crippen molar-refractivity contribution in [2.24, 2.45) is 11.8 Å². The van der Waals surface area contributed by atoms with E-state index in [2.05, 4.69) is 10.3 Å². The van der Waals surface area contributed by atoms with Gasteiger partial charge in [-0.3, -0.25) is 0 Å². The van der Waals surface area contributed by atoms with Crippen LogP contribution in [0, 0.1) is 40.7 Å². The van der Waals surface area contributed by atoms with Crippen LogP contribution in [0.5, 0.6) is 17.4 Å². The number of fused-ring (bicyclic) bond motifs is 2. The van der Waals surface area contributed by atoms with Gasteiger partial charge < -0.3 is 19.5 Å². The molecule has 1 N–H and O–H groups in total. The molecular weight excluding hydrogens is 511 g/mol. The first kappa shape index (κ1) is 26.4. The number of pyridine rings is 1. The number of carbonyl (C=O) groups is 1. The molecule has 0 amide bonds. The molecule has 3 unspecified atom stereocenters. The molecule has 7 nitrogen and oxygen atoms in total. The lowest BCUT2D eigenvalue weighted by Gasteiger charge is -2.37. The summed E-state index contributed by atoms with van der Waals surface area (Å²) < 4.78 is 62.1. The van der Waals surface area contributed by atoms with Gasteiger partial charge in [0.2, 0.25) is 11.6 Å². The minimum atomic E-state index is -1.61. The van der Waals surface area contributed by atoms with Gasteiger partial charge in [0.25, 0.3) is 11.8 Å². The summed E-state index contributed by atoms with van der Waals surface area (Å²) in [7, 11) is 0. The van der Waals surface area contributed by atoms with Gasteiger partial charge in [0.1, 0.15) is 17.8 Å². The zero-order valence-electron chi connectivity index (χ0n) is 21.2. The highest BCUT2D eigenvalue weighted by Gasteiger charge is 2.57. The van der Waals surface area contributed by atoms with E-state index in [1.54, 1.807) is 6.92 Å². The van der Waals surface area contributed by atoms with Crippen molar-refractivity contribution in [3.63, 3.8) is 0 Å². The van der Waals surface area contributed by atoms with Crippen molar-refractivity contribution in [2.45, 2.75) is 44.8 Å². The van der Waals surface area contributed by atoms with Gasteiger partial charge in [0.15, 0.2) is 11.5 Å². The van der Waals surface area contributed by atoms with Crippen LogP contribution in [0.25, 0.3) is 0 Å². The van der Waals surface area contributed by atoms with Crippen LogP contribution in [0.15, 0.2) is 48.5 Å². The summed E-state index contributed by atoms with van der Waals surface area (Å²) in [6.45, 7) is 1.86. The van der Waals surface area contributed by atoms with Crippen LogP contribution in [0.2, 0.25) is 0 Å².